The van der Waals surface area contributed by atoms with Gasteiger partial charge in [-0.15, -0.1) is 0 Å². The van der Waals surface area contributed by atoms with Crippen LogP contribution in [0.5, 0.6) is 0 Å². The summed E-state index contributed by atoms with van der Waals surface area (Å²) in [6, 6.07) is 5.09. The second kappa shape index (κ2) is 6.30. The average molecular weight is 303 g/mol. The Bertz CT molecular complexity index is 722. The molecule has 0 aliphatic rings. The lowest BCUT2D eigenvalue weighted by Crippen LogP contribution is -2.29. The van der Waals surface area contributed by atoms with Crippen molar-refractivity contribution in [3.8, 4) is 0 Å². The molecule has 1 aromatic heterocycles. The molecule has 2 aromatic rings. The number of hydrazine groups is 1. The van der Waals surface area contributed by atoms with Gasteiger partial charge in [0, 0.05) is 6.92 Å². The minimum atomic E-state index is -0.446. The molecule has 7 nitrogen and oxygen atoms in total. The first kappa shape index (κ1) is 15.6. The fourth-order valence-electron chi connectivity index (χ4n) is 1.96. The van der Waals surface area contributed by atoms with Gasteiger partial charge in [0.05, 0.1) is 24.1 Å². The molecule has 0 aliphatic heterocycles. The predicted molar refractivity (Wildman–Crippen MR) is 79.6 cm³/mol. The largest absolute Gasteiger partial charge is 0.465 e. The minimum Gasteiger partial charge on any atom is -0.465 e. The number of esters is 1. The molecule has 7 heteroatoms. The SMILES string of the molecule is COC(=O)c1cc(NNC(=O)c2oc(C)nc2C)ccc1C. The highest BCUT2D eigenvalue weighted by atomic mass is 16.5. The molecule has 0 saturated heterocycles. The summed E-state index contributed by atoms with van der Waals surface area (Å²) in [5.74, 6) is -0.316. The van der Waals surface area contributed by atoms with Crippen molar-refractivity contribution in [2.75, 3.05) is 12.5 Å². The van der Waals surface area contributed by atoms with Crippen molar-refractivity contribution in [1.29, 1.82) is 0 Å². The van der Waals surface area contributed by atoms with Gasteiger partial charge in [-0.25, -0.2) is 9.78 Å². The Balaban J connectivity index is 2.10. The fraction of sp³-hybridized carbons (Fsp3) is 0.267. The number of anilines is 1. The van der Waals surface area contributed by atoms with Crippen LogP contribution in [0.25, 0.3) is 0 Å². The third-order valence-electron chi connectivity index (χ3n) is 3.07. The normalized spacial score (nSPS) is 10.2. The first-order chi connectivity index (χ1) is 10.4. The van der Waals surface area contributed by atoms with Crippen molar-refractivity contribution in [2.45, 2.75) is 20.8 Å². The minimum absolute atomic E-state index is 0.144. The van der Waals surface area contributed by atoms with E-state index in [1.165, 1.54) is 7.11 Å². The van der Waals surface area contributed by atoms with Crippen molar-refractivity contribution in [3.63, 3.8) is 0 Å². The summed E-state index contributed by atoms with van der Waals surface area (Å²) in [7, 11) is 1.32. The number of hydrogen-bond acceptors (Lipinski definition) is 6. The Labute approximate surface area is 127 Å². The molecular weight excluding hydrogens is 286 g/mol. The second-order valence-corrected chi connectivity index (χ2v) is 4.75. The maximum atomic E-state index is 12.0. The highest BCUT2D eigenvalue weighted by Crippen LogP contribution is 2.16. The number of methoxy groups -OCH3 is 1. The average Bonchev–Trinajstić information content (AvgIpc) is 2.84. The van der Waals surface area contributed by atoms with Crippen LogP contribution in [0.3, 0.4) is 0 Å². The van der Waals surface area contributed by atoms with E-state index in [1.807, 2.05) is 0 Å². The third kappa shape index (κ3) is 3.25. The summed E-state index contributed by atoms with van der Waals surface area (Å²) >= 11 is 0. The van der Waals surface area contributed by atoms with Gasteiger partial charge < -0.3 is 9.15 Å². The summed E-state index contributed by atoms with van der Waals surface area (Å²) in [6.45, 7) is 5.15. The number of nitrogens with zero attached hydrogens (tertiary/aromatic N) is 1. The van der Waals surface area contributed by atoms with Gasteiger partial charge in [0.1, 0.15) is 0 Å². The molecule has 0 atom stereocenters. The number of rotatable bonds is 4. The maximum Gasteiger partial charge on any atom is 0.338 e. The number of carbonyl (C=O) groups excluding carboxylic acids is 2. The molecule has 2 rings (SSSR count). The zero-order chi connectivity index (χ0) is 16.3. The smallest absolute Gasteiger partial charge is 0.338 e. The number of benzene rings is 1. The highest BCUT2D eigenvalue weighted by molar-refractivity contribution is 5.94. The van der Waals surface area contributed by atoms with E-state index in [9.17, 15) is 9.59 Å². The van der Waals surface area contributed by atoms with Crippen molar-refractivity contribution < 1.29 is 18.7 Å². The quantitative estimate of drug-likeness (QED) is 0.664. The molecule has 0 aliphatic carbocycles. The lowest BCUT2D eigenvalue weighted by atomic mass is 10.1. The molecular formula is C15H17N3O4. The maximum absolute atomic E-state index is 12.0. The third-order valence-corrected chi connectivity index (χ3v) is 3.07. The Kier molecular flexibility index (Phi) is 4.45. The van der Waals surface area contributed by atoms with E-state index in [-0.39, 0.29) is 5.76 Å². The molecule has 1 aromatic carbocycles. The molecule has 0 spiro atoms. The van der Waals surface area contributed by atoms with Crippen molar-refractivity contribution in [3.05, 3.63) is 46.7 Å². The molecule has 0 radical (unpaired) electrons. The Hall–Kier alpha value is -2.83. The number of aromatic nitrogens is 1. The number of nitrogens with one attached hydrogen (secondary N) is 2. The van der Waals surface area contributed by atoms with Crippen LogP contribution in [-0.2, 0) is 4.74 Å². The molecule has 116 valence electrons. The molecule has 1 amide bonds. The van der Waals surface area contributed by atoms with Gasteiger partial charge in [-0.05, 0) is 31.5 Å². The fourth-order valence-corrected chi connectivity index (χ4v) is 1.96. The molecule has 0 bridgehead atoms. The van der Waals surface area contributed by atoms with Gasteiger partial charge in [-0.1, -0.05) is 6.07 Å². The summed E-state index contributed by atoms with van der Waals surface area (Å²) in [5.41, 5.74) is 7.50. The number of carbonyl (C=O) groups is 2. The number of amides is 1. The van der Waals surface area contributed by atoms with Crippen LogP contribution in [0.1, 0.15) is 38.1 Å². The van der Waals surface area contributed by atoms with Crippen LogP contribution < -0.4 is 10.9 Å². The Morgan fingerprint density at radius 1 is 1.23 bits per heavy atom. The lowest BCUT2D eigenvalue weighted by molar-refractivity contribution is 0.0600. The van der Waals surface area contributed by atoms with E-state index < -0.39 is 11.9 Å². The zero-order valence-corrected chi connectivity index (χ0v) is 12.8. The molecule has 0 saturated carbocycles. The first-order valence-electron chi connectivity index (χ1n) is 6.61. The van der Waals surface area contributed by atoms with Crippen LogP contribution in [0.15, 0.2) is 22.6 Å². The van der Waals surface area contributed by atoms with Gasteiger partial charge in [0.15, 0.2) is 5.89 Å². The highest BCUT2D eigenvalue weighted by Gasteiger charge is 2.16. The summed E-state index contributed by atoms with van der Waals surface area (Å²) in [6.07, 6.45) is 0. The van der Waals surface area contributed by atoms with Crippen molar-refractivity contribution in [2.24, 2.45) is 0 Å². The van der Waals surface area contributed by atoms with E-state index in [0.29, 0.717) is 22.8 Å². The monoisotopic (exact) mass is 303 g/mol. The predicted octanol–water partition coefficient (Wildman–Crippen LogP) is 2.14. The van der Waals surface area contributed by atoms with Gasteiger partial charge in [-0.2, -0.15) is 0 Å². The molecule has 1 heterocycles. The zero-order valence-electron chi connectivity index (χ0n) is 12.8. The molecule has 0 unspecified atom stereocenters. The van der Waals surface area contributed by atoms with Crippen LogP contribution in [0.4, 0.5) is 5.69 Å². The van der Waals surface area contributed by atoms with E-state index in [1.54, 1.807) is 39.0 Å². The van der Waals surface area contributed by atoms with E-state index in [0.717, 1.165) is 5.56 Å². The number of aryl methyl sites for hydroxylation is 3. The number of ether oxygens (including phenoxy) is 1. The summed E-state index contributed by atoms with van der Waals surface area (Å²) in [5, 5.41) is 0. The first-order valence-corrected chi connectivity index (χ1v) is 6.61. The molecule has 22 heavy (non-hydrogen) atoms. The van der Waals surface area contributed by atoms with Gasteiger partial charge in [0.2, 0.25) is 5.76 Å². The van der Waals surface area contributed by atoms with Crippen molar-refractivity contribution >= 4 is 17.6 Å². The Morgan fingerprint density at radius 3 is 2.55 bits per heavy atom. The number of oxazole rings is 1. The van der Waals surface area contributed by atoms with Crippen LogP contribution >= 0.6 is 0 Å². The molecule has 0 fully saturated rings. The Morgan fingerprint density at radius 2 is 1.95 bits per heavy atom. The van der Waals surface area contributed by atoms with E-state index >= 15 is 0 Å². The van der Waals surface area contributed by atoms with Crippen molar-refractivity contribution in [1.82, 2.24) is 10.4 Å². The summed E-state index contributed by atoms with van der Waals surface area (Å²) in [4.78, 5) is 27.7. The lowest BCUT2D eigenvalue weighted by Gasteiger charge is -2.10. The van der Waals surface area contributed by atoms with Crippen LogP contribution in [0, 0.1) is 20.8 Å². The van der Waals surface area contributed by atoms with E-state index in [4.69, 9.17) is 9.15 Å². The van der Waals surface area contributed by atoms with Gasteiger partial charge in [-0.3, -0.25) is 15.6 Å². The van der Waals surface area contributed by atoms with Gasteiger partial charge >= 0.3 is 11.9 Å². The standard InChI is InChI=1S/C15H17N3O4/c1-8-5-6-11(7-12(8)15(20)21-4)17-18-14(19)13-9(2)16-10(3)22-13/h5-7,17H,1-4H3,(H,18,19). The topological polar surface area (TPSA) is 93.5 Å². The van der Waals surface area contributed by atoms with Gasteiger partial charge in [0.25, 0.3) is 0 Å². The van der Waals surface area contributed by atoms with Crippen LogP contribution in [0.2, 0.25) is 0 Å². The van der Waals surface area contributed by atoms with E-state index in [2.05, 4.69) is 15.8 Å². The summed E-state index contributed by atoms with van der Waals surface area (Å²) < 4.78 is 9.93. The number of hydrogen-bond donors (Lipinski definition) is 2. The van der Waals surface area contributed by atoms with Crippen LogP contribution in [-0.4, -0.2) is 24.0 Å². The second-order valence-electron chi connectivity index (χ2n) is 4.75. The molecule has 2 N–H and O–H groups in total.